The predicted molar refractivity (Wildman–Crippen MR) is 105 cm³/mol. The van der Waals surface area contributed by atoms with Gasteiger partial charge >= 0.3 is 0 Å². The monoisotopic (exact) mass is 364 g/mol. The quantitative estimate of drug-likeness (QED) is 0.500. The molecule has 1 aliphatic carbocycles. The van der Waals surface area contributed by atoms with E-state index in [1.54, 1.807) is 0 Å². The Hall–Kier alpha value is -1.58. The number of aliphatic hydroxyl groups is 1. The molecular weight excluding hydrogens is 328 g/mol. The van der Waals surface area contributed by atoms with Gasteiger partial charge in [0.1, 0.15) is 0 Å². The highest BCUT2D eigenvalue weighted by Crippen LogP contribution is 2.34. The van der Waals surface area contributed by atoms with Gasteiger partial charge in [-0.25, -0.2) is 0 Å². The van der Waals surface area contributed by atoms with Gasteiger partial charge in [-0.1, -0.05) is 66.7 Å². The minimum atomic E-state index is -0.538. The molecule has 1 rings (SSSR count). The third kappa shape index (κ3) is 6.00. The van der Waals surface area contributed by atoms with Gasteiger partial charge in [0.2, 0.25) is 11.6 Å². The standard InChI is InChI=1S/C22H36O4/c1-7-15(4)9-8-10-16(5)11-12-17(14(2)3)20-21(24)18(23)13-19(26-6)22(20)25/h13-17,24H,7-12H2,1-6H3. The van der Waals surface area contributed by atoms with Crippen LogP contribution in [0.25, 0.3) is 0 Å². The molecule has 0 bridgehead atoms. The molecule has 1 N–H and O–H groups in total. The van der Waals surface area contributed by atoms with E-state index in [1.165, 1.54) is 32.8 Å². The van der Waals surface area contributed by atoms with E-state index >= 15 is 0 Å². The topological polar surface area (TPSA) is 63.6 Å². The van der Waals surface area contributed by atoms with E-state index in [2.05, 4.69) is 20.8 Å². The van der Waals surface area contributed by atoms with Crippen LogP contribution in [0.4, 0.5) is 0 Å². The van der Waals surface area contributed by atoms with Crippen LogP contribution in [0.5, 0.6) is 0 Å². The highest BCUT2D eigenvalue weighted by molar-refractivity contribution is 6.21. The number of ketones is 2. The lowest BCUT2D eigenvalue weighted by Crippen LogP contribution is -2.28. The molecule has 0 heterocycles. The van der Waals surface area contributed by atoms with Crippen molar-refractivity contribution in [2.45, 2.75) is 73.1 Å². The Labute approximate surface area is 158 Å². The molecule has 0 aromatic carbocycles. The first-order valence-corrected chi connectivity index (χ1v) is 10.0. The molecule has 0 aromatic heterocycles. The summed E-state index contributed by atoms with van der Waals surface area (Å²) >= 11 is 0. The maximum atomic E-state index is 12.6. The van der Waals surface area contributed by atoms with Gasteiger partial charge in [0, 0.05) is 6.08 Å². The summed E-state index contributed by atoms with van der Waals surface area (Å²) in [5.74, 6) is 0.0906. The number of allylic oxidation sites excluding steroid dienone is 2. The van der Waals surface area contributed by atoms with E-state index < -0.39 is 11.5 Å². The summed E-state index contributed by atoms with van der Waals surface area (Å²) in [5, 5.41) is 10.2. The Balaban J connectivity index is 2.76. The zero-order chi connectivity index (χ0) is 19.9. The number of carbonyl (C=O) groups is 2. The van der Waals surface area contributed by atoms with Crippen LogP contribution < -0.4 is 0 Å². The number of methoxy groups -OCH3 is 1. The number of carbonyl (C=O) groups excluding carboxylic acids is 2. The second-order valence-electron chi connectivity index (χ2n) is 8.15. The molecule has 26 heavy (non-hydrogen) atoms. The molecule has 0 radical (unpaired) electrons. The van der Waals surface area contributed by atoms with Crippen LogP contribution in [0.2, 0.25) is 0 Å². The highest BCUT2D eigenvalue weighted by Gasteiger charge is 2.35. The van der Waals surface area contributed by atoms with Crippen LogP contribution >= 0.6 is 0 Å². The molecule has 1 aliphatic rings. The smallest absolute Gasteiger partial charge is 0.227 e. The van der Waals surface area contributed by atoms with Crippen LogP contribution in [0, 0.1) is 23.7 Å². The summed E-state index contributed by atoms with van der Waals surface area (Å²) in [4.78, 5) is 24.6. The zero-order valence-electron chi connectivity index (χ0n) is 17.3. The van der Waals surface area contributed by atoms with Crippen molar-refractivity contribution in [2.24, 2.45) is 23.7 Å². The van der Waals surface area contributed by atoms with E-state index in [0.29, 0.717) is 5.92 Å². The predicted octanol–water partition coefficient (Wildman–Crippen LogP) is 5.39. The summed E-state index contributed by atoms with van der Waals surface area (Å²) in [7, 11) is 1.38. The van der Waals surface area contributed by atoms with Gasteiger partial charge < -0.3 is 9.84 Å². The van der Waals surface area contributed by atoms with Crippen molar-refractivity contribution in [3.05, 3.63) is 23.2 Å². The van der Waals surface area contributed by atoms with Crippen molar-refractivity contribution in [3.8, 4) is 0 Å². The fourth-order valence-corrected chi connectivity index (χ4v) is 3.56. The highest BCUT2D eigenvalue weighted by atomic mass is 16.5. The van der Waals surface area contributed by atoms with Crippen LogP contribution in [-0.2, 0) is 14.3 Å². The molecule has 3 unspecified atom stereocenters. The molecule has 0 spiro atoms. The molecule has 0 aromatic rings. The second kappa shape index (κ2) is 10.5. The lowest BCUT2D eigenvalue weighted by molar-refractivity contribution is -0.120. The van der Waals surface area contributed by atoms with Crippen molar-refractivity contribution in [2.75, 3.05) is 7.11 Å². The van der Waals surface area contributed by atoms with Crippen LogP contribution in [0.15, 0.2) is 23.2 Å². The third-order valence-electron chi connectivity index (χ3n) is 5.68. The number of rotatable bonds is 11. The SMILES string of the molecule is CCC(C)CCCC(C)CCC(C1=C(O)C(=O)C=C(OC)C1=O)C(C)C. The fraction of sp³-hybridized carbons (Fsp3) is 0.727. The minimum absolute atomic E-state index is 0.0232. The minimum Gasteiger partial charge on any atom is -0.504 e. The maximum Gasteiger partial charge on any atom is 0.227 e. The number of hydrogen-bond donors (Lipinski definition) is 1. The Morgan fingerprint density at radius 2 is 1.62 bits per heavy atom. The summed E-state index contributed by atoms with van der Waals surface area (Å²) in [6, 6.07) is 0. The molecule has 4 nitrogen and oxygen atoms in total. The maximum absolute atomic E-state index is 12.6. The lowest BCUT2D eigenvalue weighted by atomic mass is 9.78. The van der Waals surface area contributed by atoms with Crippen molar-refractivity contribution in [3.63, 3.8) is 0 Å². The second-order valence-corrected chi connectivity index (χ2v) is 8.15. The summed E-state index contributed by atoms with van der Waals surface area (Å²) in [6.45, 7) is 10.8. The summed E-state index contributed by atoms with van der Waals surface area (Å²) in [5.41, 5.74) is 0.233. The van der Waals surface area contributed by atoms with Crippen LogP contribution in [0.3, 0.4) is 0 Å². The summed E-state index contributed by atoms with van der Waals surface area (Å²) < 4.78 is 5.04. The van der Waals surface area contributed by atoms with Crippen LogP contribution in [0.1, 0.15) is 73.1 Å². The zero-order valence-corrected chi connectivity index (χ0v) is 17.3. The number of Topliss-reactive ketones (excluding diaryl/α,β-unsaturated/α-hetero) is 1. The van der Waals surface area contributed by atoms with Gasteiger partial charge in [-0.3, -0.25) is 9.59 Å². The number of aliphatic hydroxyl groups excluding tert-OH is 1. The molecule has 0 saturated carbocycles. The molecular formula is C22H36O4. The Kier molecular flexibility index (Phi) is 9.11. The van der Waals surface area contributed by atoms with E-state index in [9.17, 15) is 14.7 Å². The number of hydrogen-bond acceptors (Lipinski definition) is 4. The van der Waals surface area contributed by atoms with Gasteiger partial charge in [0.15, 0.2) is 11.5 Å². The van der Waals surface area contributed by atoms with Gasteiger partial charge in [0.05, 0.1) is 12.7 Å². The molecule has 3 atom stereocenters. The molecule has 0 aliphatic heterocycles. The average Bonchev–Trinajstić information content (AvgIpc) is 2.60. The first-order valence-electron chi connectivity index (χ1n) is 10.0. The van der Waals surface area contributed by atoms with E-state index in [0.717, 1.165) is 24.8 Å². The number of ether oxygens (including phenoxy) is 1. The van der Waals surface area contributed by atoms with Gasteiger partial charge in [-0.05, 0) is 30.1 Å². The van der Waals surface area contributed by atoms with Gasteiger partial charge in [-0.2, -0.15) is 0 Å². The first-order chi connectivity index (χ1) is 12.2. The van der Waals surface area contributed by atoms with Crippen molar-refractivity contribution >= 4 is 11.6 Å². The van der Waals surface area contributed by atoms with Gasteiger partial charge in [0.25, 0.3) is 0 Å². The van der Waals surface area contributed by atoms with Crippen molar-refractivity contribution in [1.29, 1.82) is 0 Å². The average molecular weight is 365 g/mol. The van der Waals surface area contributed by atoms with Gasteiger partial charge in [-0.15, -0.1) is 0 Å². The molecule has 0 fully saturated rings. The Morgan fingerprint density at radius 3 is 2.15 bits per heavy atom. The third-order valence-corrected chi connectivity index (χ3v) is 5.68. The van der Waals surface area contributed by atoms with E-state index in [4.69, 9.17) is 4.74 Å². The van der Waals surface area contributed by atoms with Crippen molar-refractivity contribution < 1.29 is 19.4 Å². The molecule has 0 saturated heterocycles. The summed E-state index contributed by atoms with van der Waals surface area (Å²) in [6.07, 6.45) is 7.74. The molecule has 0 amide bonds. The molecule has 148 valence electrons. The fourth-order valence-electron chi connectivity index (χ4n) is 3.56. The lowest BCUT2D eigenvalue weighted by Gasteiger charge is -2.27. The Morgan fingerprint density at radius 1 is 1.00 bits per heavy atom. The molecule has 4 heteroatoms. The van der Waals surface area contributed by atoms with E-state index in [1.807, 2.05) is 13.8 Å². The van der Waals surface area contributed by atoms with E-state index in [-0.39, 0.29) is 29.0 Å². The Bertz CT molecular complexity index is 556. The normalized spacial score (nSPS) is 18.8. The first kappa shape index (κ1) is 22.5. The van der Waals surface area contributed by atoms with Crippen LogP contribution in [-0.4, -0.2) is 23.8 Å². The largest absolute Gasteiger partial charge is 0.504 e. The van der Waals surface area contributed by atoms with Crippen molar-refractivity contribution in [1.82, 2.24) is 0 Å².